The Bertz CT molecular complexity index is 646. The van der Waals surface area contributed by atoms with Gasteiger partial charge < -0.3 is 10.6 Å². The summed E-state index contributed by atoms with van der Waals surface area (Å²) >= 11 is 1.76. The Hall–Kier alpha value is -1.15. The van der Waals surface area contributed by atoms with Crippen LogP contribution in [0.5, 0.6) is 0 Å². The lowest BCUT2D eigenvalue weighted by molar-refractivity contribution is 0.241. The average Bonchev–Trinajstić information content (AvgIpc) is 3.07. The summed E-state index contributed by atoms with van der Waals surface area (Å²) in [7, 11) is -3.00. The molecule has 0 unspecified atom stereocenters. The van der Waals surface area contributed by atoms with E-state index in [0.717, 1.165) is 24.3 Å². The van der Waals surface area contributed by atoms with Crippen LogP contribution in [-0.2, 0) is 29.1 Å². The lowest BCUT2D eigenvalue weighted by Crippen LogP contribution is -2.41. The number of hydrogen-bond acceptors (Lipinski definition) is 5. The number of urea groups is 1. The molecule has 2 heterocycles. The number of fused-ring (bicyclic) bond motifs is 1. The summed E-state index contributed by atoms with van der Waals surface area (Å²) in [6.07, 6.45) is 6.76. The van der Waals surface area contributed by atoms with Gasteiger partial charge in [-0.3, -0.25) is 0 Å². The third-order valence-corrected chi connectivity index (χ3v) is 7.96. The van der Waals surface area contributed by atoms with Crippen molar-refractivity contribution in [1.29, 1.82) is 0 Å². The minimum absolute atomic E-state index is 0.208. The van der Waals surface area contributed by atoms with Gasteiger partial charge in [0, 0.05) is 24.4 Å². The molecule has 1 aliphatic carbocycles. The maximum Gasteiger partial charge on any atom is 0.314 e. The molecule has 6 nitrogen and oxygen atoms in total. The van der Waals surface area contributed by atoms with Gasteiger partial charge in [-0.2, -0.15) is 0 Å². The Labute approximate surface area is 141 Å². The van der Waals surface area contributed by atoms with Crippen LogP contribution >= 0.6 is 11.3 Å². The molecule has 23 heavy (non-hydrogen) atoms. The van der Waals surface area contributed by atoms with Crippen molar-refractivity contribution in [3.05, 3.63) is 15.6 Å². The summed E-state index contributed by atoms with van der Waals surface area (Å²) in [5.41, 5.74) is 1.24. The molecule has 2 N–H and O–H groups in total. The van der Waals surface area contributed by atoms with Gasteiger partial charge in [-0.05, 0) is 38.5 Å². The van der Waals surface area contributed by atoms with E-state index in [0.29, 0.717) is 19.4 Å². The second-order valence-electron chi connectivity index (χ2n) is 6.20. The van der Waals surface area contributed by atoms with Crippen molar-refractivity contribution in [3.63, 3.8) is 0 Å². The third-order valence-electron chi connectivity index (χ3n) is 4.47. The van der Waals surface area contributed by atoms with Crippen LogP contribution in [-0.4, -0.2) is 43.5 Å². The molecule has 1 aromatic heterocycles. The zero-order valence-corrected chi connectivity index (χ0v) is 14.8. The highest BCUT2D eigenvalue weighted by molar-refractivity contribution is 7.92. The molecule has 1 fully saturated rings. The van der Waals surface area contributed by atoms with Crippen molar-refractivity contribution in [2.75, 3.05) is 18.8 Å². The fourth-order valence-corrected chi connectivity index (χ4v) is 6.07. The van der Waals surface area contributed by atoms with E-state index >= 15 is 0 Å². The topological polar surface area (TPSA) is 88.2 Å². The van der Waals surface area contributed by atoms with Crippen LogP contribution in [0.1, 0.15) is 41.3 Å². The van der Waals surface area contributed by atoms with E-state index < -0.39 is 15.1 Å². The molecule has 0 aromatic carbocycles. The van der Waals surface area contributed by atoms with Gasteiger partial charge in [0.2, 0.25) is 0 Å². The summed E-state index contributed by atoms with van der Waals surface area (Å²) in [4.78, 5) is 17.8. The number of sulfone groups is 1. The monoisotopic (exact) mass is 357 g/mol. The van der Waals surface area contributed by atoms with Gasteiger partial charge in [0.25, 0.3) is 0 Å². The highest BCUT2D eigenvalue weighted by Gasteiger charge is 2.31. The second kappa shape index (κ2) is 7.17. The van der Waals surface area contributed by atoms with Crippen LogP contribution in [0.2, 0.25) is 0 Å². The molecule has 0 radical (unpaired) electrons. The van der Waals surface area contributed by atoms with E-state index in [1.807, 2.05) is 0 Å². The number of carbonyl (C=O) groups is 1. The Morgan fingerprint density at radius 1 is 1.22 bits per heavy atom. The molecule has 2 amide bonds. The Morgan fingerprint density at radius 2 is 2.04 bits per heavy atom. The minimum atomic E-state index is -3.00. The number of amides is 2. The van der Waals surface area contributed by atoms with Crippen LogP contribution in [0.25, 0.3) is 0 Å². The van der Waals surface area contributed by atoms with Crippen molar-refractivity contribution in [2.24, 2.45) is 0 Å². The molecule has 1 saturated heterocycles. The number of carbonyl (C=O) groups excluding carboxylic acids is 1. The fourth-order valence-electron chi connectivity index (χ4n) is 3.15. The normalized spacial score (nSPS) is 22.5. The lowest BCUT2D eigenvalue weighted by atomic mass is 10.0. The Kier molecular flexibility index (Phi) is 5.21. The van der Waals surface area contributed by atoms with Gasteiger partial charge in [-0.25, -0.2) is 18.2 Å². The lowest BCUT2D eigenvalue weighted by Gasteiger charge is -2.11. The van der Waals surface area contributed by atoms with E-state index in [2.05, 4.69) is 15.6 Å². The Morgan fingerprint density at radius 3 is 2.78 bits per heavy atom. The smallest absolute Gasteiger partial charge is 0.314 e. The van der Waals surface area contributed by atoms with Crippen LogP contribution in [0.3, 0.4) is 0 Å². The first-order valence-electron chi connectivity index (χ1n) is 8.25. The predicted molar refractivity (Wildman–Crippen MR) is 90.7 cm³/mol. The molecule has 0 bridgehead atoms. The van der Waals surface area contributed by atoms with Gasteiger partial charge in [0.15, 0.2) is 9.84 Å². The van der Waals surface area contributed by atoms with Crippen molar-refractivity contribution in [1.82, 2.24) is 15.6 Å². The number of nitrogens with zero attached hydrogens (tertiary/aromatic N) is 1. The van der Waals surface area contributed by atoms with Gasteiger partial charge >= 0.3 is 6.03 Å². The van der Waals surface area contributed by atoms with E-state index in [1.54, 1.807) is 11.3 Å². The molecule has 1 aliphatic heterocycles. The predicted octanol–water partition coefficient (Wildman–Crippen LogP) is 1.44. The number of hydrogen-bond donors (Lipinski definition) is 2. The number of thiazole rings is 1. The van der Waals surface area contributed by atoms with Crippen LogP contribution in [0.15, 0.2) is 0 Å². The zero-order chi connectivity index (χ0) is 16.3. The van der Waals surface area contributed by atoms with Crippen LogP contribution in [0, 0.1) is 0 Å². The molecule has 1 aromatic rings. The van der Waals surface area contributed by atoms with Crippen molar-refractivity contribution in [2.45, 2.75) is 50.2 Å². The summed E-state index contributed by atoms with van der Waals surface area (Å²) in [6, 6.07) is -0.298. The maximum atomic E-state index is 11.8. The van der Waals surface area contributed by atoms with Crippen molar-refractivity contribution in [3.8, 4) is 0 Å². The number of nitrogens with one attached hydrogen (secondary N) is 2. The molecule has 1 atom stereocenters. The molecule has 8 heteroatoms. The maximum absolute atomic E-state index is 11.8. The highest BCUT2D eigenvalue weighted by atomic mass is 32.2. The van der Waals surface area contributed by atoms with E-state index in [9.17, 15) is 13.2 Å². The molecule has 0 saturated carbocycles. The quantitative estimate of drug-likeness (QED) is 0.835. The van der Waals surface area contributed by atoms with E-state index in [4.69, 9.17) is 0 Å². The second-order valence-corrected chi connectivity index (χ2v) is 9.77. The summed E-state index contributed by atoms with van der Waals surface area (Å²) < 4.78 is 23.4. The average molecular weight is 358 g/mol. The summed E-state index contributed by atoms with van der Waals surface area (Å²) in [5, 5.41) is 6.12. The van der Waals surface area contributed by atoms with Gasteiger partial charge in [0.05, 0.1) is 21.7 Å². The Balaban J connectivity index is 1.38. The number of rotatable bonds is 5. The molecule has 0 spiro atoms. The third kappa shape index (κ3) is 4.23. The van der Waals surface area contributed by atoms with E-state index in [-0.39, 0.29) is 18.3 Å². The fraction of sp³-hybridized carbons (Fsp3) is 0.733. The van der Waals surface area contributed by atoms with Crippen molar-refractivity contribution < 1.29 is 13.2 Å². The van der Waals surface area contributed by atoms with E-state index in [1.165, 1.54) is 23.4 Å². The largest absolute Gasteiger partial charge is 0.338 e. The highest BCUT2D eigenvalue weighted by Crippen LogP contribution is 2.26. The first kappa shape index (κ1) is 16.7. The van der Waals surface area contributed by atoms with Crippen LogP contribution < -0.4 is 10.6 Å². The van der Waals surface area contributed by atoms with Gasteiger partial charge in [0.1, 0.15) is 0 Å². The first-order chi connectivity index (χ1) is 11.0. The number of aromatic nitrogens is 1. The molecule has 2 aliphatic rings. The minimum Gasteiger partial charge on any atom is -0.338 e. The molecule has 128 valence electrons. The summed E-state index contributed by atoms with van der Waals surface area (Å²) in [6.45, 7) is 0.732. The first-order valence-corrected chi connectivity index (χ1v) is 10.8. The molecular weight excluding hydrogens is 334 g/mol. The van der Waals surface area contributed by atoms with Crippen molar-refractivity contribution >= 4 is 27.2 Å². The van der Waals surface area contributed by atoms with Gasteiger partial charge in [-0.1, -0.05) is 0 Å². The summed E-state index contributed by atoms with van der Waals surface area (Å²) in [5.74, 6) is 0.246. The number of aryl methyl sites for hydroxylation is 2. The van der Waals surface area contributed by atoms with Crippen LogP contribution in [0.4, 0.5) is 4.79 Å². The standard InChI is InChI=1S/C15H23N3O3S2/c19-15(17-10-11-4-3-9-23(11,20)21)16-8-7-14-18-12-5-1-2-6-13(12)22-14/h11H,1-10H2,(H2,16,17,19)/t11-/m1/s1. The molecule has 3 rings (SSSR count). The molecular formula is C15H23N3O3S2. The SMILES string of the molecule is O=C(NCCc1nc2c(s1)CCCC2)NC[C@H]1CCCS1(=O)=O. The van der Waals surface area contributed by atoms with Gasteiger partial charge in [-0.15, -0.1) is 11.3 Å². The zero-order valence-electron chi connectivity index (χ0n) is 13.1.